The summed E-state index contributed by atoms with van der Waals surface area (Å²) in [4.78, 5) is 1.84. The third-order valence-electron chi connectivity index (χ3n) is 2.61. The molecule has 0 aliphatic rings. The van der Waals surface area contributed by atoms with Crippen molar-refractivity contribution < 1.29 is 18.3 Å². The molecule has 7 heteroatoms. The molecular formula is C13H18BrF3N2O. The van der Waals surface area contributed by atoms with Gasteiger partial charge in [-0.05, 0) is 55.1 Å². The quantitative estimate of drug-likeness (QED) is 0.852. The van der Waals surface area contributed by atoms with E-state index in [4.69, 9.17) is 0 Å². The van der Waals surface area contributed by atoms with Gasteiger partial charge in [-0.1, -0.05) is 0 Å². The predicted octanol–water partition coefficient (Wildman–Crippen LogP) is 3.19. The molecule has 0 radical (unpaired) electrons. The van der Waals surface area contributed by atoms with Crippen molar-refractivity contribution >= 4 is 21.6 Å². The third-order valence-corrected chi connectivity index (χ3v) is 3.27. The normalized spacial score (nSPS) is 15.2. The van der Waals surface area contributed by atoms with Gasteiger partial charge in [0.25, 0.3) is 0 Å². The number of aliphatic hydroxyl groups is 1. The highest BCUT2D eigenvalue weighted by Gasteiger charge is 2.31. The van der Waals surface area contributed by atoms with E-state index in [1.165, 1.54) is 6.07 Å². The number of alkyl halides is 3. The number of nitrogens with zero attached hydrogens (tertiary/aromatic N) is 1. The van der Waals surface area contributed by atoms with Gasteiger partial charge in [0.1, 0.15) is 0 Å². The molecule has 20 heavy (non-hydrogen) atoms. The van der Waals surface area contributed by atoms with Crippen LogP contribution in [0.3, 0.4) is 0 Å². The second-order valence-electron chi connectivity index (χ2n) is 5.28. The van der Waals surface area contributed by atoms with Crippen molar-refractivity contribution in [2.75, 3.05) is 32.5 Å². The van der Waals surface area contributed by atoms with E-state index in [1.54, 1.807) is 6.92 Å². The van der Waals surface area contributed by atoms with Crippen molar-refractivity contribution in [2.24, 2.45) is 0 Å². The van der Waals surface area contributed by atoms with Crippen LogP contribution >= 0.6 is 15.9 Å². The van der Waals surface area contributed by atoms with E-state index in [1.807, 2.05) is 19.0 Å². The summed E-state index contributed by atoms with van der Waals surface area (Å²) < 4.78 is 37.9. The predicted molar refractivity (Wildman–Crippen MR) is 76.8 cm³/mol. The Bertz CT molecular complexity index is 461. The lowest BCUT2D eigenvalue weighted by atomic mass is 10.1. The number of hydrogen-bond donors (Lipinski definition) is 2. The highest BCUT2D eigenvalue weighted by molar-refractivity contribution is 9.10. The summed E-state index contributed by atoms with van der Waals surface area (Å²) in [5.74, 6) is 0. The van der Waals surface area contributed by atoms with Crippen molar-refractivity contribution in [1.29, 1.82) is 0 Å². The minimum absolute atomic E-state index is 0.231. The molecule has 0 spiro atoms. The van der Waals surface area contributed by atoms with Crippen molar-refractivity contribution in [1.82, 2.24) is 4.90 Å². The van der Waals surface area contributed by atoms with Crippen LogP contribution in [0.1, 0.15) is 12.5 Å². The van der Waals surface area contributed by atoms with Crippen LogP contribution in [-0.2, 0) is 6.18 Å². The minimum Gasteiger partial charge on any atom is -0.387 e. The van der Waals surface area contributed by atoms with Crippen LogP contribution in [0.5, 0.6) is 0 Å². The molecule has 1 atom stereocenters. The van der Waals surface area contributed by atoms with Crippen molar-refractivity contribution in [3.05, 3.63) is 28.2 Å². The molecule has 1 aromatic rings. The highest BCUT2D eigenvalue weighted by Crippen LogP contribution is 2.34. The molecule has 2 N–H and O–H groups in total. The van der Waals surface area contributed by atoms with Crippen LogP contribution in [0.4, 0.5) is 18.9 Å². The van der Waals surface area contributed by atoms with E-state index >= 15 is 0 Å². The van der Waals surface area contributed by atoms with Crippen LogP contribution < -0.4 is 5.32 Å². The first kappa shape index (κ1) is 17.3. The van der Waals surface area contributed by atoms with Gasteiger partial charge in [-0.3, -0.25) is 0 Å². The first-order valence-electron chi connectivity index (χ1n) is 5.99. The Hall–Kier alpha value is -0.790. The van der Waals surface area contributed by atoms with Crippen LogP contribution in [-0.4, -0.2) is 42.8 Å². The van der Waals surface area contributed by atoms with Crippen molar-refractivity contribution in [3.8, 4) is 0 Å². The molecule has 0 aromatic heterocycles. The molecule has 1 rings (SSSR count). The fraction of sp³-hybridized carbons (Fsp3) is 0.538. The van der Waals surface area contributed by atoms with Gasteiger partial charge in [-0.15, -0.1) is 0 Å². The van der Waals surface area contributed by atoms with Crippen LogP contribution in [0, 0.1) is 0 Å². The Balaban J connectivity index is 2.75. The average molecular weight is 355 g/mol. The Labute approximate surface area is 124 Å². The molecule has 0 aliphatic carbocycles. The third kappa shape index (κ3) is 5.30. The number of likely N-dealkylation sites (N-methyl/N-ethyl adjacent to an activating group) is 1. The van der Waals surface area contributed by atoms with Gasteiger partial charge >= 0.3 is 6.18 Å². The number of nitrogens with one attached hydrogen (secondary N) is 1. The molecule has 0 saturated carbocycles. The smallest absolute Gasteiger partial charge is 0.387 e. The molecule has 1 unspecified atom stereocenters. The summed E-state index contributed by atoms with van der Waals surface area (Å²) in [6.45, 7) is 2.34. The summed E-state index contributed by atoms with van der Waals surface area (Å²) in [7, 11) is 3.67. The van der Waals surface area contributed by atoms with Gasteiger partial charge < -0.3 is 15.3 Å². The minimum atomic E-state index is -4.36. The number of benzene rings is 1. The van der Waals surface area contributed by atoms with Crippen LogP contribution in [0.2, 0.25) is 0 Å². The second-order valence-corrected chi connectivity index (χ2v) is 6.13. The van der Waals surface area contributed by atoms with E-state index in [0.717, 1.165) is 12.1 Å². The average Bonchev–Trinajstić information content (AvgIpc) is 2.24. The number of anilines is 1. The van der Waals surface area contributed by atoms with Gasteiger partial charge in [0.15, 0.2) is 0 Å². The maximum Gasteiger partial charge on any atom is 0.416 e. The topological polar surface area (TPSA) is 35.5 Å². The molecule has 0 heterocycles. The zero-order valence-corrected chi connectivity index (χ0v) is 13.1. The molecule has 0 aliphatic heterocycles. The Morgan fingerprint density at radius 2 is 1.90 bits per heavy atom. The van der Waals surface area contributed by atoms with Gasteiger partial charge in [-0.25, -0.2) is 0 Å². The fourth-order valence-corrected chi connectivity index (χ4v) is 2.38. The van der Waals surface area contributed by atoms with Crippen LogP contribution in [0.25, 0.3) is 0 Å². The number of halogens is 4. The summed E-state index contributed by atoms with van der Waals surface area (Å²) in [5.41, 5.74) is -1.18. The SMILES string of the molecule is CN(C)CC(C)(O)CNc1ccc(C(F)(F)F)cc1Br. The zero-order valence-electron chi connectivity index (χ0n) is 11.6. The summed E-state index contributed by atoms with van der Waals surface area (Å²) in [6, 6.07) is 3.37. The fourth-order valence-electron chi connectivity index (χ4n) is 1.86. The van der Waals surface area contributed by atoms with E-state index in [2.05, 4.69) is 21.2 Å². The van der Waals surface area contributed by atoms with Crippen molar-refractivity contribution in [2.45, 2.75) is 18.7 Å². The molecular weight excluding hydrogens is 337 g/mol. The molecule has 0 saturated heterocycles. The molecule has 0 fully saturated rings. The largest absolute Gasteiger partial charge is 0.416 e. The maximum absolute atomic E-state index is 12.5. The Morgan fingerprint density at radius 1 is 1.30 bits per heavy atom. The second kappa shape index (κ2) is 6.32. The summed E-state index contributed by atoms with van der Waals surface area (Å²) in [5, 5.41) is 13.1. The maximum atomic E-state index is 12.5. The molecule has 114 valence electrons. The number of hydrogen-bond acceptors (Lipinski definition) is 3. The van der Waals surface area contributed by atoms with E-state index in [9.17, 15) is 18.3 Å². The Morgan fingerprint density at radius 3 is 2.35 bits per heavy atom. The van der Waals surface area contributed by atoms with E-state index < -0.39 is 17.3 Å². The van der Waals surface area contributed by atoms with Gasteiger partial charge in [-0.2, -0.15) is 13.2 Å². The van der Waals surface area contributed by atoms with Gasteiger partial charge in [0, 0.05) is 23.2 Å². The summed E-state index contributed by atoms with van der Waals surface area (Å²) >= 11 is 3.10. The van der Waals surface area contributed by atoms with Gasteiger partial charge in [0.05, 0.1) is 11.2 Å². The van der Waals surface area contributed by atoms with Crippen LogP contribution in [0.15, 0.2) is 22.7 Å². The molecule has 3 nitrogen and oxygen atoms in total. The first-order valence-corrected chi connectivity index (χ1v) is 6.78. The first-order chi connectivity index (χ1) is 9.01. The van der Waals surface area contributed by atoms with Crippen molar-refractivity contribution in [3.63, 3.8) is 0 Å². The number of rotatable bonds is 5. The monoisotopic (exact) mass is 354 g/mol. The molecule has 1 aromatic carbocycles. The van der Waals surface area contributed by atoms with Gasteiger partial charge in [0.2, 0.25) is 0 Å². The van der Waals surface area contributed by atoms with E-state index in [0.29, 0.717) is 16.7 Å². The standard InChI is InChI=1S/C13H18BrF3N2O/c1-12(20,8-19(2)3)7-18-11-5-4-9(6-10(11)14)13(15,16)17/h4-6,18,20H,7-8H2,1-3H3. The lowest BCUT2D eigenvalue weighted by Gasteiger charge is -2.27. The lowest BCUT2D eigenvalue weighted by Crippen LogP contribution is -2.43. The zero-order chi connectivity index (χ0) is 15.6. The lowest BCUT2D eigenvalue weighted by molar-refractivity contribution is -0.137. The van der Waals surface area contributed by atoms with E-state index in [-0.39, 0.29) is 6.54 Å². The summed E-state index contributed by atoms with van der Waals surface area (Å²) in [6.07, 6.45) is -4.36. The molecule has 0 bridgehead atoms. The highest BCUT2D eigenvalue weighted by atomic mass is 79.9. The Kier molecular flexibility index (Phi) is 5.46. The molecule has 0 amide bonds.